The van der Waals surface area contributed by atoms with Gasteiger partial charge in [-0.15, -0.1) is 11.3 Å². The van der Waals surface area contributed by atoms with Crippen LogP contribution in [0.4, 0.5) is 5.13 Å². The summed E-state index contributed by atoms with van der Waals surface area (Å²) in [5, 5.41) is 5.39. The summed E-state index contributed by atoms with van der Waals surface area (Å²) in [5.41, 5.74) is -0.130. The number of ether oxygens (including phenoxy) is 1. The second-order valence-corrected chi connectivity index (χ2v) is 6.22. The largest absolute Gasteiger partial charge is 0.445 e. The van der Waals surface area contributed by atoms with Gasteiger partial charge in [-0.05, 0) is 30.7 Å². The molecule has 0 spiro atoms. The normalized spacial score (nSPS) is 20.6. The molecule has 3 rings (SSSR count). The Hall–Kier alpha value is -1.92. The topological polar surface area (TPSA) is 68.3 Å². The van der Waals surface area contributed by atoms with Crippen molar-refractivity contribution in [2.75, 3.05) is 5.32 Å². The Kier molecular flexibility index (Phi) is 3.43. The molecule has 1 aromatic carbocycles. The second-order valence-electron chi connectivity index (χ2n) is 4.89. The zero-order chi connectivity index (χ0) is 15.0. The van der Waals surface area contributed by atoms with Crippen molar-refractivity contribution >= 4 is 39.9 Å². The van der Waals surface area contributed by atoms with Crippen molar-refractivity contribution in [2.24, 2.45) is 0 Å². The number of benzene rings is 1. The number of rotatable bonds is 2. The predicted octanol–water partition coefficient (Wildman–Crippen LogP) is 2.91. The number of halogens is 1. The average molecular weight is 323 g/mol. The minimum absolute atomic E-state index is 0.270. The van der Waals surface area contributed by atoms with Crippen molar-refractivity contribution in [1.82, 2.24) is 4.98 Å². The van der Waals surface area contributed by atoms with Crippen molar-refractivity contribution in [3.8, 4) is 0 Å². The minimum atomic E-state index is -1.28. The molecule has 0 aliphatic carbocycles. The number of carbonyl (C=O) groups is 2. The van der Waals surface area contributed by atoms with Crippen molar-refractivity contribution in [2.45, 2.75) is 18.9 Å². The number of amides is 1. The maximum absolute atomic E-state index is 12.4. The number of aromatic nitrogens is 1. The molecule has 5 nitrogen and oxygen atoms in total. The van der Waals surface area contributed by atoms with Crippen LogP contribution in [0.1, 0.15) is 22.8 Å². The molecule has 0 saturated heterocycles. The zero-order valence-corrected chi connectivity index (χ0v) is 12.6. The van der Waals surface area contributed by atoms with Crippen LogP contribution >= 0.6 is 22.9 Å². The van der Waals surface area contributed by atoms with Crippen molar-refractivity contribution in [3.05, 3.63) is 45.9 Å². The van der Waals surface area contributed by atoms with E-state index in [-0.39, 0.29) is 6.42 Å². The van der Waals surface area contributed by atoms with E-state index >= 15 is 0 Å². The predicted molar refractivity (Wildman–Crippen MR) is 79.7 cm³/mol. The number of anilines is 1. The number of fused-ring (bicyclic) bond motifs is 1. The standard InChI is InChI=1S/C14H11ClN2O3S/c1-14(12(19)17-13-16-4-5-21-13)7-8-6-9(15)2-3-10(8)11(18)20-14/h2-6H,7H2,1H3,(H,16,17,19). The number of carbonyl (C=O) groups excluding carboxylic acids is 2. The fourth-order valence-electron chi connectivity index (χ4n) is 2.21. The highest BCUT2D eigenvalue weighted by atomic mass is 35.5. The molecule has 1 aromatic heterocycles. The van der Waals surface area contributed by atoms with Crippen molar-refractivity contribution < 1.29 is 14.3 Å². The Balaban J connectivity index is 1.89. The number of cyclic esters (lactones) is 1. The third kappa shape index (κ3) is 2.64. The van der Waals surface area contributed by atoms with E-state index in [4.69, 9.17) is 16.3 Å². The first-order valence-electron chi connectivity index (χ1n) is 6.21. The molecule has 7 heteroatoms. The molecule has 2 aromatic rings. The molecule has 1 N–H and O–H groups in total. The molecular weight excluding hydrogens is 312 g/mol. The van der Waals surface area contributed by atoms with E-state index in [0.717, 1.165) is 0 Å². The molecular formula is C14H11ClN2O3S. The van der Waals surface area contributed by atoms with Crippen molar-refractivity contribution in [3.63, 3.8) is 0 Å². The molecule has 0 saturated carbocycles. The maximum Gasteiger partial charge on any atom is 0.339 e. The van der Waals surface area contributed by atoms with E-state index in [9.17, 15) is 9.59 Å². The summed E-state index contributed by atoms with van der Waals surface area (Å²) in [5.74, 6) is -0.930. The Labute approximate surface area is 129 Å². The number of hydrogen-bond donors (Lipinski definition) is 1. The molecule has 0 radical (unpaired) electrons. The van der Waals surface area contributed by atoms with Crippen molar-refractivity contribution in [1.29, 1.82) is 0 Å². The summed E-state index contributed by atoms with van der Waals surface area (Å²) in [6, 6.07) is 4.92. The van der Waals surface area contributed by atoms with E-state index in [1.165, 1.54) is 11.3 Å². The van der Waals surface area contributed by atoms with Gasteiger partial charge < -0.3 is 4.74 Å². The first-order chi connectivity index (χ1) is 9.98. The Morgan fingerprint density at radius 3 is 3.05 bits per heavy atom. The van der Waals surface area contributed by atoms with Crippen LogP contribution in [0.3, 0.4) is 0 Å². The highest BCUT2D eigenvalue weighted by Gasteiger charge is 2.43. The van der Waals surface area contributed by atoms with Crippen LogP contribution in [0.15, 0.2) is 29.8 Å². The number of nitrogens with zero attached hydrogens (tertiary/aromatic N) is 1. The lowest BCUT2D eigenvalue weighted by Gasteiger charge is -2.32. The van der Waals surface area contributed by atoms with Crippen LogP contribution in [-0.4, -0.2) is 22.5 Å². The van der Waals surface area contributed by atoms with Gasteiger partial charge in [-0.1, -0.05) is 11.6 Å². The van der Waals surface area contributed by atoms with Gasteiger partial charge in [-0.3, -0.25) is 10.1 Å². The molecule has 2 heterocycles. The second kappa shape index (κ2) is 5.13. The highest BCUT2D eigenvalue weighted by molar-refractivity contribution is 7.13. The minimum Gasteiger partial charge on any atom is -0.445 e. The van der Waals surface area contributed by atoms with Crippen LogP contribution in [-0.2, 0) is 16.0 Å². The van der Waals surface area contributed by atoms with Gasteiger partial charge in [-0.2, -0.15) is 0 Å². The number of esters is 1. The monoisotopic (exact) mass is 322 g/mol. The van der Waals surface area contributed by atoms with Gasteiger partial charge in [0.1, 0.15) is 0 Å². The molecule has 1 aliphatic heterocycles. The fourth-order valence-corrected chi connectivity index (χ4v) is 2.93. The summed E-state index contributed by atoms with van der Waals surface area (Å²) < 4.78 is 5.33. The third-order valence-corrected chi connectivity index (χ3v) is 4.19. The Morgan fingerprint density at radius 2 is 2.33 bits per heavy atom. The third-order valence-electron chi connectivity index (χ3n) is 3.27. The molecule has 0 fully saturated rings. The van der Waals surface area contributed by atoms with E-state index in [1.54, 1.807) is 36.7 Å². The Bertz CT molecular complexity index is 717. The van der Waals surface area contributed by atoms with E-state index in [2.05, 4.69) is 10.3 Å². The molecule has 108 valence electrons. The molecule has 1 unspecified atom stereocenters. The number of thiazole rings is 1. The van der Waals surface area contributed by atoms with Gasteiger partial charge in [0.15, 0.2) is 10.7 Å². The fraction of sp³-hybridized carbons (Fsp3) is 0.214. The van der Waals surface area contributed by atoms with E-state index in [1.807, 2.05) is 0 Å². The van der Waals surface area contributed by atoms with Gasteiger partial charge in [0.2, 0.25) is 0 Å². The lowest BCUT2D eigenvalue weighted by molar-refractivity contribution is -0.134. The zero-order valence-electron chi connectivity index (χ0n) is 11.1. The summed E-state index contributed by atoms with van der Waals surface area (Å²) in [6.45, 7) is 1.58. The van der Waals surface area contributed by atoms with Gasteiger partial charge >= 0.3 is 5.97 Å². The Morgan fingerprint density at radius 1 is 1.52 bits per heavy atom. The average Bonchev–Trinajstić information content (AvgIpc) is 2.90. The summed E-state index contributed by atoms with van der Waals surface area (Å²) in [4.78, 5) is 28.4. The molecule has 1 aliphatic rings. The summed E-state index contributed by atoms with van der Waals surface area (Å²) in [7, 11) is 0. The van der Waals surface area contributed by atoms with E-state index < -0.39 is 17.5 Å². The first-order valence-corrected chi connectivity index (χ1v) is 7.46. The summed E-state index contributed by atoms with van der Waals surface area (Å²) in [6.07, 6.45) is 1.86. The molecule has 1 amide bonds. The highest BCUT2D eigenvalue weighted by Crippen LogP contribution is 2.31. The summed E-state index contributed by atoms with van der Waals surface area (Å²) >= 11 is 7.25. The van der Waals surface area contributed by atoms with Gasteiger partial charge in [0.05, 0.1) is 5.56 Å². The molecule has 0 bridgehead atoms. The smallest absolute Gasteiger partial charge is 0.339 e. The van der Waals surface area contributed by atoms with Crippen LogP contribution in [0.25, 0.3) is 0 Å². The number of hydrogen-bond acceptors (Lipinski definition) is 5. The molecule has 1 atom stereocenters. The van der Waals surface area contributed by atoms with Crippen LogP contribution in [0.5, 0.6) is 0 Å². The van der Waals surface area contributed by atoms with Crippen LogP contribution in [0.2, 0.25) is 5.02 Å². The lowest BCUT2D eigenvalue weighted by atomic mass is 9.89. The lowest BCUT2D eigenvalue weighted by Crippen LogP contribution is -2.48. The van der Waals surface area contributed by atoms with Gasteiger partial charge in [-0.25, -0.2) is 9.78 Å². The van der Waals surface area contributed by atoms with Crippen LogP contribution in [0, 0.1) is 0 Å². The maximum atomic E-state index is 12.4. The van der Waals surface area contributed by atoms with Gasteiger partial charge in [0.25, 0.3) is 5.91 Å². The molecule has 21 heavy (non-hydrogen) atoms. The van der Waals surface area contributed by atoms with E-state index in [0.29, 0.717) is 21.3 Å². The number of nitrogens with one attached hydrogen (secondary N) is 1. The SMILES string of the molecule is CC1(C(=O)Nc2nccs2)Cc2cc(Cl)ccc2C(=O)O1. The quantitative estimate of drug-likeness (QED) is 0.863. The van der Waals surface area contributed by atoms with Gasteiger partial charge in [0, 0.05) is 23.0 Å². The first kappa shape index (κ1) is 14.0. The van der Waals surface area contributed by atoms with Crippen LogP contribution < -0.4 is 5.32 Å².